The molecule has 2 unspecified atom stereocenters. The van der Waals surface area contributed by atoms with Gasteiger partial charge in [0, 0.05) is 22.8 Å². The van der Waals surface area contributed by atoms with Gasteiger partial charge >= 0.3 is 0 Å². The minimum Gasteiger partial charge on any atom is -0.493 e. The molecule has 22 heavy (non-hydrogen) atoms. The van der Waals surface area contributed by atoms with Gasteiger partial charge in [-0.2, -0.15) is 11.8 Å². The second-order valence-electron chi connectivity index (χ2n) is 6.19. The summed E-state index contributed by atoms with van der Waals surface area (Å²) in [5.74, 6) is 2.08. The first-order valence-electron chi connectivity index (χ1n) is 8.20. The molecule has 1 aromatic rings. The van der Waals surface area contributed by atoms with E-state index in [-0.39, 0.29) is 5.92 Å². The maximum absolute atomic E-state index is 12.5. The van der Waals surface area contributed by atoms with E-state index in [1.165, 1.54) is 19.3 Å². The Morgan fingerprint density at radius 2 is 1.86 bits per heavy atom. The van der Waals surface area contributed by atoms with Gasteiger partial charge in [0.2, 0.25) is 0 Å². The fraction of sp³-hybridized carbons (Fsp3) is 0.611. The molecule has 0 saturated carbocycles. The number of carbonyl (C=O) groups is 1. The molecule has 2 atom stereocenters. The van der Waals surface area contributed by atoms with Crippen molar-refractivity contribution in [1.29, 1.82) is 0 Å². The number of ketones is 1. The molecule has 0 aliphatic carbocycles. The molecule has 2 aliphatic heterocycles. The number of benzene rings is 1. The minimum atomic E-state index is 0.262. The van der Waals surface area contributed by atoms with Crippen LogP contribution < -0.4 is 9.47 Å². The van der Waals surface area contributed by atoms with Crippen molar-refractivity contribution in [2.24, 2.45) is 5.92 Å². The normalized spacial score (nSPS) is 27.2. The Morgan fingerprint density at radius 1 is 1.18 bits per heavy atom. The second kappa shape index (κ2) is 7.40. The number of methoxy groups -OCH3 is 1. The van der Waals surface area contributed by atoms with Crippen LogP contribution in [0.2, 0.25) is 0 Å². The molecule has 0 radical (unpaired) electrons. The first kappa shape index (κ1) is 15.7. The summed E-state index contributed by atoms with van der Waals surface area (Å²) in [6.07, 6.45) is 6.60. The van der Waals surface area contributed by atoms with Gasteiger partial charge in [-0.1, -0.05) is 18.6 Å². The molecule has 3 rings (SSSR count). The SMILES string of the molecule is COc1ccccc1OCCC(=O)C1CC2CCCC(C1)S2. The van der Waals surface area contributed by atoms with Crippen molar-refractivity contribution in [2.45, 2.75) is 49.0 Å². The zero-order chi connectivity index (χ0) is 15.4. The third-order valence-corrected chi connectivity index (χ3v) is 6.29. The van der Waals surface area contributed by atoms with E-state index in [0.29, 0.717) is 24.6 Å². The first-order chi connectivity index (χ1) is 10.8. The molecular formula is C18H24O3S. The molecule has 0 amide bonds. The number of para-hydroxylation sites is 2. The number of rotatable bonds is 6. The first-order valence-corrected chi connectivity index (χ1v) is 9.14. The largest absolute Gasteiger partial charge is 0.493 e. The smallest absolute Gasteiger partial charge is 0.161 e. The predicted molar refractivity (Wildman–Crippen MR) is 89.9 cm³/mol. The molecule has 2 aliphatic rings. The van der Waals surface area contributed by atoms with Gasteiger partial charge in [-0.3, -0.25) is 4.79 Å². The molecule has 2 bridgehead atoms. The minimum absolute atomic E-state index is 0.262. The van der Waals surface area contributed by atoms with Gasteiger partial charge in [-0.25, -0.2) is 0 Å². The fourth-order valence-corrected chi connectivity index (χ4v) is 5.36. The molecule has 1 aromatic carbocycles. The van der Waals surface area contributed by atoms with Crippen LogP contribution in [0, 0.1) is 5.92 Å². The number of hydrogen-bond donors (Lipinski definition) is 0. The van der Waals surface area contributed by atoms with Gasteiger partial charge < -0.3 is 9.47 Å². The van der Waals surface area contributed by atoms with Crippen molar-refractivity contribution in [3.63, 3.8) is 0 Å². The monoisotopic (exact) mass is 320 g/mol. The lowest BCUT2D eigenvalue weighted by Crippen LogP contribution is -2.33. The van der Waals surface area contributed by atoms with Crippen LogP contribution in [-0.2, 0) is 4.79 Å². The van der Waals surface area contributed by atoms with Crippen molar-refractivity contribution in [3.8, 4) is 11.5 Å². The van der Waals surface area contributed by atoms with Crippen molar-refractivity contribution >= 4 is 17.5 Å². The number of thioether (sulfide) groups is 1. The van der Waals surface area contributed by atoms with Gasteiger partial charge in [0.25, 0.3) is 0 Å². The third kappa shape index (κ3) is 3.78. The van der Waals surface area contributed by atoms with Crippen LogP contribution in [0.25, 0.3) is 0 Å². The highest BCUT2D eigenvalue weighted by Crippen LogP contribution is 2.44. The highest BCUT2D eigenvalue weighted by Gasteiger charge is 2.35. The van der Waals surface area contributed by atoms with E-state index in [9.17, 15) is 4.79 Å². The summed E-state index contributed by atoms with van der Waals surface area (Å²) in [5.41, 5.74) is 0. The second-order valence-corrected chi connectivity index (χ2v) is 7.80. The molecule has 2 fully saturated rings. The zero-order valence-electron chi connectivity index (χ0n) is 13.1. The summed E-state index contributed by atoms with van der Waals surface area (Å²) in [6, 6.07) is 7.58. The summed E-state index contributed by atoms with van der Waals surface area (Å²) in [4.78, 5) is 12.5. The average molecular weight is 320 g/mol. The van der Waals surface area contributed by atoms with E-state index < -0.39 is 0 Å². The van der Waals surface area contributed by atoms with E-state index in [0.717, 1.165) is 29.1 Å². The lowest BCUT2D eigenvalue weighted by molar-refractivity contribution is -0.124. The van der Waals surface area contributed by atoms with Gasteiger partial charge in [0.05, 0.1) is 13.7 Å². The van der Waals surface area contributed by atoms with Crippen LogP contribution in [-0.4, -0.2) is 30.0 Å². The fourth-order valence-electron chi connectivity index (χ4n) is 3.53. The van der Waals surface area contributed by atoms with Crippen LogP contribution in [0.15, 0.2) is 24.3 Å². The van der Waals surface area contributed by atoms with Gasteiger partial charge in [-0.05, 0) is 37.8 Å². The maximum Gasteiger partial charge on any atom is 0.161 e. The third-order valence-electron chi connectivity index (χ3n) is 4.66. The van der Waals surface area contributed by atoms with E-state index >= 15 is 0 Å². The van der Waals surface area contributed by atoms with Crippen molar-refractivity contribution in [2.75, 3.05) is 13.7 Å². The summed E-state index contributed by atoms with van der Waals surface area (Å²) in [7, 11) is 1.63. The van der Waals surface area contributed by atoms with E-state index in [1.807, 2.05) is 24.3 Å². The van der Waals surface area contributed by atoms with Crippen LogP contribution in [0.3, 0.4) is 0 Å². The average Bonchev–Trinajstić information content (AvgIpc) is 2.54. The lowest BCUT2D eigenvalue weighted by atomic mass is 9.86. The van der Waals surface area contributed by atoms with Crippen LogP contribution in [0.5, 0.6) is 11.5 Å². The number of carbonyl (C=O) groups excluding carboxylic acids is 1. The summed E-state index contributed by atoms with van der Waals surface area (Å²) in [5, 5.41) is 1.44. The van der Waals surface area contributed by atoms with Gasteiger partial charge in [0.1, 0.15) is 5.78 Å². The molecule has 4 heteroatoms. The summed E-state index contributed by atoms with van der Waals surface area (Å²) >= 11 is 2.12. The van der Waals surface area contributed by atoms with Crippen molar-refractivity contribution in [3.05, 3.63) is 24.3 Å². The molecule has 0 spiro atoms. The molecule has 3 nitrogen and oxygen atoms in total. The number of fused-ring (bicyclic) bond motifs is 2. The van der Waals surface area contributed by atoms with Crippen molar-refractivity contribution < 1.29 is 14.3 Å². The Hall–Kier alpha value is -1.16. The molecule has 120 valence electrons. The molecule has 0 aromatic heterocycles. The van der Waals surface area contributed by atoms with Crippen LogP contribution in [0.4, 0.5) is 0 Å². The summed E-state index contributed by atoms with van der Waals surface area (Å²) in [6.45, 7) is 0.443. The van der Waals surface area contributed by atoms with E-state index in [1.54, 1.807) is 7.11 Å². The number of hydrogen-bond acceptors (Lipinski definition) is 4. The Morgan fingerprint density at radius 3 is 2.55 bits per heavy atom. The highest BCUT2D eigenvalue weighted by atomic mass is 32.2. The van der Waals surface area contributed by atoms with E-state index in [4.69, 9.17) is 9.47 Å². The lowest BCUT2D eigenvalue weighted by Gasteiger charge is -2.37. The zero-order valence-corrected chi connectivity index (χ0v) is 13.9. The standard InChI is InChI=1S/C18H24O3S/c1-20-17-7-2-3-8-18(17)21-10-9-16(19)13-11-14-5-4-6-15(12-13)22-14/h2-3,7-8,13-15H,4-6,9-12H2,1H3. The van der Waals surface area contributed by atoms with E-state index in [2.05, 4.69) is 11.8 Å². The Kier molecular flexibility index (Phi) is 5.29. The molecular weight excluding hydrogens is 296 g/mol. The Balaban J connectivity index is 1.48. The molecule has 0 N–H and O–H groups in total. The molecule has 2 heterocycles. The molecule has 2 saturated heterocycles. The van der Waals surface area contributed by atoms with Crippen molar-refractivity contribution in [1.82, 2.24) is 0 Å². The van der Waals surface area contributed by atoms with Crippen LogP contribution >= 0.6 is 11.8 Å². The predicted octanol–water partition coefficient (Wildman–Crippen LogP) is 4.10. The Labute approximate surface area is 136 Å². The number of Topliss-reactive ketones (excluding diaryl/α,β-unsaturated/α-hetero) is 1. The van der Waals surface area contributed by atoms with Crippen LogP contribution in [0.1, 0.15) is 38.5 Å². The Bertz CT molecular complexity index is 505. The van der Waals surface area contributed by atoms with Gasteiger partial charge in [0.15, 0.2) is 11.5 Å². The quantitative estimate of drug-likeness (QED) is 0.790. The highest BCUT2D eigenvalue weighted by molar-refractivity contribution is 8.00. The topological polar surface area (TPSA) is 35.5 Å². The maximum atomic E-state index is 12.5. The number of ether oxygens (including phenoxy) is 2. The summed E-state index contributed by atoms with van der Waals surface area (Å²) < 4.78 is 11.0. The van der Waals surface area contributed by atoms with Gasteiger partial charge in [-0.15, -0.1) is 0 Å².